The maximum atomic E-state index is 13.1. The van der Waals surface area contributed by atoms with Crippen molar-refractivity contribution in [1.82, 2.24) is 9.80 Å². The third-order valence-electron chi connectivity index (χ3n) is 5.46. The number of nitrogens with zero attached hydrogens (tertiary/aromatic N) is 2. The van der Waals surface area contributed by atoms with E-state index in [1.165, 1.54) is 37.0 Å². The summed E-state index contributed by atoms with van der Waals surface area (Å²) in [6, 6.07) is 10.7. The van der Waals surface area contributed by atoms with Crippen molar-refractivity contribution >= 4 is 17.7 Å². The minimum absolute atomic E-state index is 0.0936. The van der Waals surface area contributed by atoms with E-state index in [4.69, 9.17) is 0 Å². The largest absolute Gasteiger partial charge is 0.341 e. The zero-order chi connectivity index (χ0) is 16.8. The number of carbonyl (C=O) groups excluding carboxylic acids is 1. The van der Waals surface area contributed by atoms with Gasteiger partial charge in [0.2, 0.25) is 5.91 Å². The van der Waals surface area contributed by atoms with Gasteiger partial charge in [-0.05, 0) is 55.7 Å². The van der Waals surface area contributed by atoms with E-state index in [1.54, 1.807) is 0 Å². The molecule has 24 heavy (non-hydrogen) atoms. The lowest BCUT2D eigenvalue weighted by molar-refractivity contribution is -0.139. The van der Waals surface area contributed by atoms with Gasteiger partial charge in [-0.25, -0.2) is 0 Å². The van der Waals surface area contributed by atoms with E-state index < -0.39 is 0 Å². The lowest BCUT2D eigenvalue weighted by atomic mass is 9.96. The molecular weight excluding hydrogens is 316 g/mol. The van der Waals surface area contributed by atoms with Gasteiger partial charge in [0.25, 0.3) is 0 Å². The maximum absolute atomic E-state index is 13.1. The van der Waals surface area contributed by atoms with E-state index in [1.807, 2.05) is 11.8 Å². The van der Waals surface area contributed by atoms with Crippen LogP contribution in [0, 0.1) is 5.92 Å². The monoisotopic (exact) mass is 346 g/mol. The van der Waals surface area contributed by atoms with E-state index in [0.717, 1.165) is 38.5 Å². The molecule has 2 aliphatic rings. The first-order valence-corrected chi connectivity index (χ1v) is 10.7. The van der Waals surface area contributed by atoms with Crippen LogP contribution in [0.2, 0.25) is 0 Å². The van der Waals surface area contributed by atoms with Gasteiger partial charge < -0.3 is 4.90 Å². The molecule has 1 amide bonds. The van der Waals surface area contributed by atoms with Crippen molar-refractivity contribution in [3.05, 3.63) is 35.9 Å². The molecule has 1 aromatic rings. The number of amides is 1. The number of benzene rings is 1. The van der Waals surface area contributed by atoms with Crippen LogP contribution in [0.1, 0.15) is 37.7 Å². The molecule has 1 atom stereocenters. The van der Waals surface area contributed by atoms with Gasteiger partial charge in [0.15, 0.2) is 0 Å². The summed E-state index contributed by atoms with van der Waals surface area (Å²) < 4.78 is 0. The fourth-order valence-corrected chi connectivity index (χ4v) is 4.85. The SMILES string of the molecule is CSCC1CCN(C(=O)C2CCCCN2Cc2ccccc2)CC1. The van der Waals surface area contributed by atoms with E-state index >= 15 is 0 Å². The first-order chi connectivity index (χ1) is 11.8. The molecule has 3 nitrogen and oxygen atoms in total. The van der Waals surface area contributed by atoms with Gasteiger partial charge in [0.05, 0.1) is 6.04 Å². The third-order valence-corrected chi connectivity index (χ3v) is 6.26. The van der Waals surface area contributed by atoms with Gasteiger partial charge in [-0.15, -0.1) is 0 Å². The van der Waals surface area contributed by atoms with Crippen molar-refractivity contribution in [1.29, 1.82) is 0 Å². The Balaban J connectivity index is 1.59. The molecule has 1 unspecified atom stereocenters. The summed E-state index contributed by atoms with van der Waals surface area (Å²) in [5.74, 6) is 2.43. The highest BCUT2D eigenvalue weighted by Gasteiger charge is 2.33. The summed E-state index contributed by atoms with van der Waals surface area (Å²) in [4.78, 5) is 17.7. The summed E-state index contributed by atoms with van der Waals surface area (Å²) in [7, 11) is 0. The van der Waals surface area contributed by atoms with Crippen LogP contribution in [0.25, 0.3) is 0 Å². The predicted molar refractivity (Wildman–Crippen MR) is 102 cm³/mol. The zero-order valence-corrected chi connectivity index (χ0v) is 15.6. The Morgan fingerprint density at radius 1 is 1.08 bits per heavy atom. The molecule has 0 N–H and O–H groups in total. The molecule has 0 aromatic heterocycles. The van der Waals surface area contributed by atoms with E-state index in [-0.39, 0.29) is 6.04 Å². The van der Waals surface area contributed by atoms with Crippen molar-refractivity contribution in [2.45, 2.75) is 44.7 Å². The van der Waals surface area contributed by atoms with E-state index in [2.05, 4.69) is 46.4 Å². The topological polar surface area (TPSA) is 23.6 Å². The second kappa shape index (κ2) is 8.91. The molecule has 0 aliphatic carbocycles. The molecular formula is C20H30N2OS. The summed E-state index contributed by atoms with van der Waals surface area (Å²) >= 11 is 1.94. The fraction of sp³-hybridized carbons (Fsp3) is 0.650. The zero-order valence-electron chi connectivity index (χ0n) is 14.8. The van der Waals surface area contributed by atoms with Crippen LogP contribution in [0.15, 0.2) is 30.3 Å². The standard InChI is InChI=1S/C20H30N2OS/c1-24-16-18-10-13-21(14-11-18)20(23)19-9-5-6-12-22(19)15-17-7-3-2-4-8-17/h2-4,7-8,18-19H,5-6,9-16H2,1H3. The van der Waals surface area contributed by atoms with Crippen molar-refractivity contribution in [3.8, 4) is 0 Å². The molecule has 3 rings (SSSR count). The highest BCUT2D eigenvalue weighted by Crippen LogP contribution is 2.25. The molecule has 0 saturated carbocycles. The Morgan fingerprint density at radius 3 is 2.54 bits per heavy atom. The first kappa shape index (κ1) is 17.8. The predicted octanol–water partition coefficient (Wildman–Crippen LogP) is 3.64. The lowest BCUT2D eigenvalue weighted by Crippen LogP contribution is -2.52. The quantitative estimate of drug-likeness (QED) is 0.813. The molecule has 0 bridgehead atoms. The number of hydrogen-bond donors (Lipinski definition) is 0. The van der Waals surface area contributed by atoms with Gasteiger partial charge in [-0.1, -0.05) is 36.8 Å². The van der Waals surface area contributed by atoms with Crippen molar-refractivity contribution in [3.63, 3.8) is 0 Å². The van der Waals surface area contributed by atoms with Crippen molar-refractivity contribution in [2.75, 3.05) is 31.6 Å². The lowest BCUT2D eigenvalue weighted by Gasteiger charge is -2.40. The third kappa shape index (κ3) is 4.54. The summed E-state index contributed by atoms with van der Waals surface area (Å²) in [6.45, 7) is 3.87. The highest BCUT2D eigenvalue weighted by atomic mass is 32.2. The number of hydrogen-bond acceptors (Lipinski definition) is 3. The molecule has 2 heterocycles. The van der Waals surface area contributed by atoms with Gasteiger partial charge in [0.1, 0.15) is 0 Å². The second-order valence-corrected chi connectivity index (χ2v) is 8.10. The molecule has 2 aliphatic heterocycles. The molecule has 1 aromatic carbocycles. The average Bonchev–Trinajstić information content (AvgIpc) is 2.63. The van der Waals surface area contributed by atoms with Crippen LogP contribution >= 0.6 is 11.8 Å². The normalized spacial score (nSPS) is 23.4. The number of carbonyl (C=O) groups is 1. The Labute approximate surface area is 150 Å². The van der Waals surface area contributed by atoms with Crippen LogP contribution in [0.5, 0.6) is 0 Å². The second-order valence-electron chi connectivity index (χ2n) is 7.19. The summed E-state index contributed by atoms with van der Waals surface area (Å²) in [5, 5.41) is 0. The molecule has 4 heteroatoms. The van der Waals surface area contributed by atoms with E-state index in [0.29, 0.717) is 5.91 Å². The van der Waals surface area contributed by atoms with Crippen LogP contribution in [-0.2, 0) is 11.3 Å². The average molecular weight is 347 g/mol. The molecule has 0 spiro atoms. The maximum Gasteiger partial charge on any atom is 0.239 e. The number of piperidine rings is 2. The Bertz CT molecular complexity index is 514. The van der Waals surface area contributed by atoms with Crippen LogP contribution in [0.3, 0.4) is 0 Å². The highest BCUT2D eigenvalue weighted by molar-refractivity contribution is 7.98. The molecule has 2 fully saturated rings. The Kier molecular flexibility index (Phi) is 6.61. The summed E-state index contributed by atoms with van der Waals surface area (Å²) in [6.07, 6.45) is 7.96. The Hall–Kier alpha value is -1.00. The smallest absolute Gasteiger partial charge is 0.239 e. The fourth-order valence-electron chi connectivity index (χ4n) is 4.04. The van der Waals surface area contributed by atoms with Gasteiger partial charge in [0, 0.05) is 19.6 Å². The minimum atomic E-state index is 0.0936. The van der Waals surface area contributed by atoms with Gasteiger partial charge >= 0.3 is 0 Å². The van der Waals surface area contributed by atoms with Crippen LogP contribution in [0.4, 0.5) is 0 Å². The summed E-state index contributed by atoms with van der Waals surface area (Å²) in [5.41, 5.74) is 1.32. The number of likely N-dealkylation sites (tertiary alicyclic amines) is 2. The molecule has 2 saturated heterocycles. The van der Waals surface area contributed by atoms with Crippen LogP contribution < -0.4 is 0 Å². The van der Waals surface area contributed by atoms with Gasteiger partial charge in [-0.2, -0.15) is 11.8 Å². The molecule has 0 radical (unpaired) electrons. The molecule has 132 valence electrons. The van der Waals surface area contributed by atoms with Crippen molar-refractivity contribution < 1.29 is 4.79 Å². The van der Waals surface area contributed by atoms with Gasteiger partial charge in [-0.3, -0.25) is 9.69 Å². The van der Waals surface area contributed by atoms with E-state index in [9.17, 15) is 4.79 Å². The number of rotatable bonds is 5. The van der Waals surface area contributed by atoms with Crippen molar-refractivity contribution in [2.24, 2.45) is 5.92 Å². The first-order valence-electron chi connectivity index (χ1n) is 9.33. The Morgan fingerprint density at radius 2 is 1.83 bits per heavy atom. The van der Waals surface area contributed by atoms with Crippen LogP contribution in [-0.4, -0.2) is 53.4 Å². The number of thioether (sulfide) groups is 1. The minimum Gasteiger partial charge on any atom is -0.341 e.